The number of carbonyl (C=O) groups is 1. The summed E-state index contributed by atoms with van der Waals surface area (Å²) < 4.78 is 5.32. The van der Waals surface area contributed by atoms with Crippen LogP contribution in [0.25, 0.3) is 0 Å². The maximum absolute atomic E-state index is 11.9. The van der Waals surface area contributed by atoms with Crippen LogP contribution in [0, 0.1) is 11.8 Å². The Morgan fingerprint density at radius 1 is 1.47 bits per heavy atom. The maximum atomic E-state index is 11.9. The summed E-state index contributed by atoms with van der Waals surface area (Å²) in [6.45, 7) is 12.6. The fraction of sp³-hybridized carbons (Fsp3) is 0.769. The lowest BCUT2D eigenvalue weighted by Crippen LogP contribution is -2.35. The molecule has 0 aliphatic carbocycles. The smallest absolute Gasteiger partial charge is 0.410 e. The number of amides is 1. The van der Waals surface area contributed by atoms with E-state index < -0.39 is 5.60 Å². The average molecular weight is 241 g/mol. The summed E-state index contributed by atoms with van der Waals surface area (Å²) in [6, 6.07) is 0. The van der Waals surface area contributed by atoms with Gasteiger partial charge in [-0.3, -0.25) is 0 Å². The maximum Gasteiger partial charge on any atom is 0.410 e. The van der Waals surface area contributed by atoms with Gasteiger partial charge < -0.3 is 14.7 Å². The van der Waals surface area contributed by atoms with Crippen LogP contribution < -0.4 is 0 Å². The molecule has 1 rings (SSSR count). The molecule has 4 nitrogen and oxygen atoms in total. The summed E-state index contributed by atoms with van der Waals surface area (Å²) in [6.07, 6.45) is -0.306. The van der Waals surface area contributed by atoms with Gasteiger partial charge in [-0.15, -0.1) is 0 Å². The normalized spacial score (nSPS) is 24.9. The minimum Gasteiger partial charge on any atom is -0.444 e. The molecule has 0 spiro atoms. The van der Waals surface area contributed by atoms with Crippen LogP contribution in [0.4, 0.5) is 4.79 Å². The number of hydrogen-bond donors (Lipinski definition) is 1. The van der Waals surface area contributed by atoms with Gasteiger partial charge in [-0.2, -0.15) is 0 Å². The number of aliphatic hydroxyl groups excluding tert-OH is 1. The summed E-state index contributed by atoms with van der Waals surface area (Å²) in [4.78, 5) is 13.5. The molecule has 1 heterocycles. The van der Waals surface area contributed by atoms with Gasteiger partial charge in [0.15, 0.2) is 0 Å². The monoisotopic (exact) mass is 241 g/mol. The van der Waals surface area contributed by atoms with Crippen molar-refractivity contribution in [3.05, 3.63) is 12.2 Å². The highest BCUT2D eigenvalue weighted by Gasteiger charge is 2.36. The highest BCUT2D eigenvalue weighted by atomic mass is 16.6. The summed E-state index contributed by atoms with van der Waals surface area (Å²) in [5.74, 6) is 0.257. The van der Waals surface area contributed by atoms with Crippen molar-refractivity contribution in [1.29, 1.82) is 0 Å². The Balaban J connectivity index is 2.64. The Morgan fingerprint density at radius 2 is 2.06 bits per heavy atom. The van der Waals surface area contributed by atoms with Crippen molar-refractivity contribution < 1.29 is 14.6 Å². The fourth-order valence-corrected chi connectivity index (χ4v) is 2.09. The van der Waals surface area contributed by atoms with Crippen LogP contribution in [-0.4, -0.2) is 41.4 Å². The van der Waals surface area contributed by atoms with E-state index in [-0.39, 0.29) is 24.5 Å². The van der Waals surface area contributed by atoms with Crippen LogP contribution in [0.3, 0.4) is 0 Å². The zero-order valence-electron chi connectivity index (χ0n) is 11.2. The van der Waals surface area contributed by atoms with E-state index in [9.17, 15) is 9.90 Å². The number of nitrogens with zero attached hydrogens (tertiary/aromatic N) is 1. The predicted octanol–water partition coefficient (Wildman–Crippen LogP) is 2.04. The highest BCUT2D eigenvalue weighted by Crippen LogP contribution is 2.29. The van der Waals surface area contributed by atoms with E-state index in [4.69, 9.17) is 4.74 Å². The molecule has 0 aromatic carbocycles. The van der Waals surface area contributed by atoms with E-state index in [1.807, 2.05) is 27.7 Å². The number of carbonyl (C=O) groups excluding carboxylic acids is 1. The highest BCUT2D eigenvalue weighted by molar-refractivity contribution is 5.68. The number of likely N-dealkylation sites (tertiary alicyclic amines) is 1. The Labute approximate surface area is 103 Å². The summed E-state index contributed by atoms with van der Waals surface area (Å²) >= 11 is 0. The van der Waals surface area contributed by atoms with Crippen molar-refractivity contribution >= 4 is 6.09 Å². The number of rotatable bonds is 2. The SMILES string of the molecule is C=C(C)[C@H]1CN(C(=O)OC(C)(C)C)C[C@H]1CO. The van der Waals surface area contributed by atoms with Crippen molar-refractivity contribution in [2.24, 2.45) is 11.8 Å². The molecule has 1 N–H and O–H groups in total. The molecule has 0 aromatic heterocycles. The largest absolute Gasteiger partial charge is 0.444 e. The number of hydrogen-bond acceptors (Lipinski definition) is 3. The molecular formula is C13H23NO3. The van der Waals surface area contributed by atoms with Crippen LogP contribution >= 0.6 is 0 Å². The lowest BCUT2D eigenvalue weighted by Gasteiger charge is -2.24. The quantitative estimate of drug-likeness (QED) is 0.753. The van der Waals surface area contributed by atoms with Crippen molar-refractivity contribution in [3.8, 4) is 0 Å². The second-order valence-electron chi connectivity index (χ2n) is 5.78. The third kappa shape index (κ3) is 3.73. The van der Waals surface area contributed by atoms with E-state index in [1.54, 1.807) is 4.90 Å². The molecule has 2 atom stereocenters. The van der Waals surface area contributed by atoms with Gasteiger partial charge in [0.1, 0.15) is 5.60 Å². The lowest BCUT2D eigenvalue weighted by molar-refractivity contribution is 0.0282. The molecule has 1 aliphatic rings. The summed E-state index contributed by atoms with van der Waals surface area (Å²) in [5.41, 5.74) is 0.530. The standard InChI is InChI=1S/C13H23NO3/c1-9(2)11-7-14(6-10(11)8-15)12(16)17-13(3,4)5/h10-11,15H,1,6-8H2,2-5H3/t10-,11+/m0/s1. The third-order valence-electron chi connectivity index (χ3n) is 2.96. The Hall–Kier alpha value is -1.03. The first-order chi connectivity index (χ1) is 7.74. The molecule has 0 unspecified atom stereocenters. The van der Waals surface area contributed by atoms with E-state index in [1.165, 1.54) is 0 Å². The van der Waals surface area contributed by atoms with Crippen LogP contribution in [0.15, 0.2) is 12.2 Å². The fourth-order valence-electron chi connectivity index (χ4n) is 2.09. The minimum atomic E-state index is -0.479. The van der Waals surface area contributed by atoms with E-state index in [0.29, 0.717) is 13.1 Å². The van der Waals surface area contributed by atoms with E-state index >= 15 is 0 Å². The van der Waals surface area contributed by atoms with Gasteiger partial charge in [0.05, 0.1) is 0 Å². The third-order valence-corrected chi connectivity index (χ3v) is 2.96. The van der Waals surface area contributed by atoms with Crippen molar-refractivity contribution in [1.82, 2.24) is 4.90 Å². The van der Waals surface area contributed by atoms with Gasteiger partial charge >= 0.3 is 6.09 Å². The van der Waals surface area contributed by atoms with Gasteiger partial charge in [0.25, 0.3) is 0 Å². The average Bonchev–Trinajstić information content (AvgIpc) is 2.58. The Morgan fingerprint density at radius 3 is 2.41 bits per heavy atom. The second kappa shape index (κ2) is 5.08. The molecule has 1 fully saturated rings. The molecule has 0 saturated carbocycles. The van der Waals surface area contributed by atoms with Gasteiger partial charge in [-0.1, -0.05) is 12.2 Å². The van der Waals surface area contributed by atoms with Crippen LogP contribution in [0.5, 0.6) is 0 Å². The molecular weight excluding hydrogens is 218 g/mol. The zero-order valence-corrected chi connectivity index (χ0v) is 11.2. The van der Waals surface area contributed by atoms with Crippen LogP contribution in [0.2, 0.25) is 0 Å². The van der Waals surface area contributed by atoms with E-state index in [2.05, 4.69) is 6.58 Å². The molecule has 0 bridgehead atoms. The van der Waals surface area contributed by atoms with Gasteiger partial charge in [-0.05, 0) is 27.7 Å². The lowest BCUT2D eigenvalue weighted by atomic mass is 9.91. The van der Waals surface area contributed by atoms with Gasteiger partial charge in [0.2, 0.25) is 0 Å². The van der Waals surface area contributed by atoms with Crippen LogP contribution in [-0.2, 0) is 4.74 Å². The van der Waals surface area contributed by atoms with Gasteiger partial charge in [-0.25, -0.2) is 4.79 Å². The number of ether oxygens (including phenoxy) is 1. The van der Waals surface area contributed by atoms with Crippen molar-refractivity contribution in [2.45, 2.75) is 33.3 Å². The first-order valence-corrected chi connectivity index (χ1v) is 5.98. The first-order valence-electron chi connectivity index (χ1n) is 5.98. The zero-order chi connectivity index (χ0) is 13.2. The molecule has 17 heavy (non-hydrogen) atoms. The molecule has 1 aliphatic heterocycles. The van der Waals surface area contributed by atoms with Gasteiger partial charge in [0, 0.05) is 31.5 Å². The molecule has 1 saturated heterocycles. The Kier molecular flexibility index (Phi) is 4.20. The topological polar surface area (TPSA) is 49.8 Å². The van der Waals surface area contributed by atoms with Crippen molar-refractivity contribution in [2.75, 3.05) is 19.7 Å². The predicted molar refractivity (Wildman–Crippen MR) is 66.7 cm³/mol. The summed E-state index contributed by atoms with van der Waals surface area (Å²) in [5, 5.41) is 9.30. The molecule has 4 heteroatoms. The molecule has 0 aromatic rings. The minimum absolute atomic E-state index is 0.0802. The molecule has 0 radical (unpaired) electrons. The first kappa shape index (κ1) is 14.0. The van der Waals surface area contributed by atoms with Crippen LogP contribution in [0.1, 0.15) is 27.7 Å². The summed E-state index contributed by atoms with van der Waals surface area (Å²) in [7, 11) is 0. The van der Waals surface area contributed by atoms with E-state index in [0.717, 1.165) is 5.57 Å². The second-order valence-corrected chi connectivity index (χ2v) is 5.78. The molecule has 98 valence electrons. The Bertz CT molecular complexity index is 306. The van der Waals surface area contributed by atoms with Crippen molar-refractivity contribution in [3.63, 3.8) is 0 Å². The molecule has 1 amide bonds. The number of aliphatic hydroxyl groups is 1.